The molecule has 2 aromatic rings. The van der Waals surface area contributed by atoms with Gasteiger partial charge in [-0.3, -0.25) is 19.2 Å². The van der Waals surface area contributed by atoms with Crippen LogP contribution in [0.3, 0.4) is 0 Å². The Morgan fingerprint density at radius 2 is 1.38 bits per heavy atom. The first-order chi connectivity index (χ1) is 21.4. The van der Waals surface area contributed by atoms with Gasteiger partial charge in [0.25, 0.3) is 11.8 Å². The molecule has 2 aromatic heterocycles. The Bertz CT molecular complexity index is 1890. The van der Waals surface area contributed by atoms with Crippen LogP contribution >= 0.6 is 0 Å². The van der Waals surface area contributed by atoms with Crippen LogP contribution in [-0.4, -0.2) is 53.7 Å². The normalized spacial score (nSPS) is 16.6. The molecule has 0 bridgehead atoms. The molecule has 2 aliphatic heterocycles. The number of rotatable bonds is 11. The quantitative estimate of drug-likeness (QED) is 0.334. The van der Waals surface area contributed by atoms with Crippen LogP contribution in [0.2, 0.25) is 0 Å². The molecule has 2 aliphatic rings. The monoisotopic (exact) mass is 610 g/mol. The molecule has 0 saturated heterocycles. The Balaban J connectivity index is 1.92. The lowest BCUT2D eigenvalue weighted by Gasteiger charge is -2.04. The molecule has 3 N–H and O–H groups in total. The lowest BCUT2D eigenvalue weighted by molar-refractivity contribution is -0.141. The molecule has 4 heterocycles. The van der Waals surface area contributed by atoms with E-state index >= 15 is 0 Å². The summed E-state index contributed by atoms with van der Waals surface area (Å²) in [4.78, 5) is 60.1. The minimum Gasteiger partial charge on any atom is -0.469 e. The summed E-state index contributed by atoms with van der Waals surface area (Å²) in [6.07, 6.45) is 9.92. The van der Waals surface area contributed by atoms with Crippen molar-refractivity contribution in [3.8, 4) is 0 Å². The number of nitrogens with one attached hydrogen (secondary N) is 3. The van der Waals surface area contributed by atoms with Crippen molar-refractivity contribution in [1.82, 2.24) is 15.3 Å². The Kier molecular flexibility index (Phi) is 9.86. The van der Waals surface area contributed by atoms with Crippen LogP contribution in [-0.2, 0) is 41.5 Å². The summed E-state index contributed by atoms with van der Waals surface area (Å²) in [5, 5.41) is 4.38. The Hall–Kier alpha value is -5.25. The number of aliphatic imine (C=N–C) groups is 1. The highest BCUT2D eigenvalue weighted by molar-refractivity contribution is 6.31. The van der Waals surface area contributed by atoms with Gasteiger partial charge in [0.1, 0.15) is 0 Å². The Morgan fingerprint density at radius 1 is 0.756 bits per heavy atom. The number of amides is 2. The fourth-order valence-electron chi connectivity index (χ4n) is 5.54. The molecule has 0 radical (unpaired) electrons. The molecular weight excluding hydrogens is 572 g/mol. The fourth-order valence-corrected chi connectivity index (χ4v) is 5.54. The van der Waals surface area contributed by atoms with Crippen molar-refractivity contribution in [3.05, 3.63) is 97.6 Å². The highest BCUT2D eigenvalue weighted by atomic mass is 16.5. The van der Waals surface area contributed by atoms with Gasteiger partial charge in [-0.2, -0.15) is 0 Å². The van der Waals surface area contributed by atoms with Crippen LogP contribution in [0.25, 0.3) is 18.2 Å². The van der Waals surface area contributed by atoms with Gasteiger partial charge in [-0.1, -0.05) is 25.3 Å². The van der Waals surface area contributed by atoms with Crippen LogP contribution in [0, 0.1) is 13.8 Å². The van der Waals surface area contributed by atoms with E-state index in [1.165, 1.54) is 20.3 Å². The highest BCUT2D eigenvalue weighted by Crippen LogP contribution is 2.27. The van der Waals surface area contributed by atoms with Gasteiger partial charge in [0.05, 0.1) is 25.6 Å². The van der Waals surface area contributed by atoms with E-state index in [0.717, 1.165) is 55.5 Å². The molecule has 0 saturated carbocycles. The fraction of sp³-hybridized carbons (Fsp3) is 0.286. The molecule has 2 amide bonds. The summed E-state index contributed by atoms with van der Waals surface area (Å²) in [5.41, 5.74) is 8.76. The highest BCUT2D eigenvalue weighted by Gasteiger charge is 2.23. The minimum atomic E-state index is -0.337. The summed E-state index contributed by atoms with van der Waals surface area (Å²) >= 11 is 0. The Labute approximate surface area is 261 Å². The number of aromatic amines is 2. The molecule has 0 spiro atoms. The van der Waals surface area contributed by atoms with E-state index in [-0.39, 0.29) is 36.6 Å². The molecule has 0 aromatic carbocycles. The third-order valence-corrected chi connectivity index (χ3v) is 8.31. The van der Waals surface area contributed by atoms with E-state index in [0.29, 0.717) is 35.4 Å². The number of esters is 2. The molecule has 45 heavy (non-hydrogen) atoms. The summed E-state index contributed by atoms with van der Waals surface area (Å²) in [6, 6.07) is 0. The largest absolute Gasteiger partial charge is 0.469 e. The molecule has 0 fully saturated rings. The average Bonchev–Trinajstić information content (AvgIpc) is 3.66. The zero-order valence-electron chi connectivity index (χ0n) is 26.5. The molecule has 0 aliphatic carbocycles. The van der Waals surface area contributed by atoms with Crippen molar-refractivity contribution in [2.75, 3.05) is 14.2 Å². The summed E-state index contributed by atoms with van der Waals surface area (Å²) in [6.45, 7) is 15.1. The molecule has 10 heteroatoms. The van der Waals surface area contributed by atoms with Gasteiger partial charge in [0, 0.05) is 51.6 Å². The molecule has 0 unspecified atom stereocenters. The van der Waals surface area contributed by atoms with E-state index in [1.54, 1.807) is 13.0 Å². The van der Waals surface area contributed by atoms with Gasteiger partial charge in [0.15, 0.2) is 0 Å². The van der Waals surface area contributed by atoms with Gasteiger partial charge < -0.3 is 24.8 Å². The number of hydrogen-bond acceptors (Lipinski definition) is 6. The predicted octanol–water partition coefficient (Wildman–Crippen LogP) is 3.24. The van der Waals surface area contributed by atoms with Crippen LogP contribution in [0.4, 0.5) is 0 Å². The van der Waals surface area contributed by atoms with Gasteiger partial charge in [-0.15, -0.1) is 0 Å². The average molecular weight is 611 g/mol. The van der Waals surface area contributed by atoms with Crippen LogP contribution in [0.5, 0.6) is 0 Å². The third-order valence-electron chi connectivity index (χ3n) is 8.31. The van der Waals surface area contributed by atoms with Crippen molar-refractivity contribution in [1.29, 1.82) is 0 Å². The van der Waals surface area contributed by atoms with Crippen LogP contribution in [0.15, 0.2) is 58.3 Å². The van der Waals surface area contributed by atoms with Crippen LogP contribution in [0.1, 0.15) is 60.3 Å². The first-order valence-electron chi connectivity index (χ1n) is 14.5. The van der Waals surface area contributed by atoms with Gasteiger partial charge >= 0.3 is 11.9 Å². The molecule has 4 rings (SSSR count). The third kappa shape index (κ3) is 6.64. The maximum atomic E-state index is 12.4. The zero-order chi connectivity index (χ0) is 33.0. The van der Waals surface area contributed by atoms with Crippen molar-refractivity contribution in [2.24, 2.45) is 4.99 Å². The Morgan fingerprint density at radius 3 is 1.96 bits per heavy atom. The van der Waals surface area contributed by atoms with Crippen molar-refractivity contribution >= 4 is 47.7 Å². The number of carbonyl (C=O) groups is 4. The van der Waals surface area contributed by atoms with Crippen molar-refractivity contribution in [3.63, 3.8) is 0 Å². The molecular formula is C35H38N4O6. The van der Waals surface area contributed by atoms with Crippen LogP contribution < -0.4 is 16.0 Å². The standard InChI is InChI=1S/C35H38N4O6/c1-9-22-21(6)34(42)39-29(22)16-27-20(5)25(12-14-33(41)45-8)31(37-27)17-30-24(11-13-32(40)44-7)19(4)26(36-30)15-28-18(3)23(10-2)35(43)38-28/h9-10,15-17,36-37H,1-2,11-14H2,3-8H3,(H,39,42)/b26-15?,29-16-,30-17-. The topological polar surface area (TPSA) is 143 Å². The number of ether oxygens (including phenoxy) is 2. The van der Waals surface area contributed by atoms with E-state index in [2.05, 4.69) is 33.4 Å². The maximum absolute atomic E-state index is 12.4. The summed E-state index contributed by atoms with van der Waals surface area (Å²) in [5.74, 6) is -1.19. The summed E-state index contributed by atoms with van der Waals surface area (Å²) < 4.78 is 9.80. The van der Waals surface area contributed by atoms with Gasteiger partial charge in [-0.05, 0) is 86.6 Å². The van der Waals surface area contributed by atoms with E-state index in [4.69, 9.17) is 9.47 Å². The minimum absolute atomic E-state index is 0.167. The smallest absolute Gasteiger partial charge is 0.305 e. The number of carbonyl (C=O) groups excluding carboxylic acids is 4. The van der Waals surface area contributed by atoms with E-state index < -0.39 is 0 Å². The molecule has 0 atom stereocenters. The van der Waals surface area contributed by atoms with E-state index in [1.807, 2.05) is 39.0 Å². The second kappa shape index (κ2) is 13.6. The van der Waals surface area contributed by atoms with Gasteiger partial charge in [0.2, 0.25) is 0 Å². The lowest BCUT2D eigenvalue weighted by atomic mass is 10.0. The number of nitrogens with zero attached hydrogens (tertiary/aromatic N) is 1. The lowest BCUT2D eigenvalue weighted by Crippen LogP contribution is -2.15. The SMILES string of the molecule is C=CC1=C(C)C(C=c2[nH]/c(=C\c3[nH]c(/C=C4\NC(=O)C(C)=C4C=C)c(C)c3CCC(=O)OC)c(CCC(=O)OC)c2C)=NC1=O. The van der Waals surface area contributed by atoms with Crippen molar-refractivity contribution in [2.45, 2.75) is 53.4 Å². The number of H-pyrrole nitrogens is 2. The van der Waals surface area contributed by atoms with E-state index in [9.17, 15) is 19.2 Å². The first-order valence-corrected chi connectivity index (χ1v) is 14.5. The predicted molar refractivity (Wildman–Crippen MR) is 173 cm³/mol. The van der Waals surface area contributed by atoms with Gasteiger partial charge in [-0.25, -0.2) is 4.99 Å². The second-order valence-electron chi connectivity index (χ2n) is 10.9. The number of aromatic nitrogens is 2. The first kappa shape index (κ1) is 32.7. The zero-order valence-corrected chi connectivity index (χ0v) is 26.5. The number of hydrogen-bond donors (Lipinski definition) is 3. The number of methoxy groups -OCH3 is 2. The molecule has 10 nitrogen and oxygen atoms in total. The molecule has 234 valence electrons. The second-order valence-corrected chi connectivity index (χ2v) is 10.9. The number of allylic oxidation sites excluding steroid dienone is 2. The summed E-state index contributed by atoms with van der Waals surface area (Å²) in [7, 11) is 2.71. The van der Waals surface area contributed by atoms with Crippen molar-refractivity contribution < 1.29 is 28.7 Å². The maximum Gasteiger partial charge on any atom is 0.305 e.